The molecule has 0 spiro atoms. The zero-order valence-electron chi connectivity index (χ0n) is 9.96. The van der Waals surface area contributed by atoms with Crippen molar-refractivity contribution in [1.29, 1.82) is 0 Å². The Morgan fingerprint density at radius 3 is 2.50 bits per heavy atom. The summed E-state index contributed by atoms with van der Waals surface area (Å²) in [5, 5.41) is 14.0. The SMILES string of the molecule is O=[N+]([O-])c1ccc(C=NNS(=O)(=O)c2ccccc2)s1. The van der Waals surface area contributed by atoms with E-state index in [0.717, 1.165) is 11.3 Å². The molecule has 0 fully saturated rings. The second kappa shape index (κ2) is 5.80. The first kappa shape index (κ1) is 14.2. The van der Waals surface area contributed by atoms with E-state index < -0.39 is 14.9 Å². The average molecular weight is 311 g/mol. The van der Waals surface area contributed by atoms with Gasteiger partial charge in [-0.3, -0.25) is 10.1 Å². The predicted molar refractivity (Wildman–Crippen MR) is 75.3 cm³/mol. The summed E-state index contributed by atoms with van der Waals surface area (Å²) in [5.41, 5.74) is 0. The van der Waals surface area contributed by atoms with E-state index in [2.05, 4.69) is 5.10 Å². The van der Waals surface area contributed by atoms with E-state index in [1.807, 2.05) is 4.83 Å². The third-order valence-corrected chi connectivity index (χ3v) is 4.42. The van der Waals surface area contributed by atoms with Crippen LogP contribution in [0.4, 0.5) is 5.00 Å². The third-order valence-electron chi connectivity index (χ3n) is 2.21. The van der Waals surface area contributed by atoms with Gasteiger partial charge in [-0.1, -0.05) is 29.5 Å². The van der Waals surface area contributed by atoms with Gasteiger partial charge < -0.3 is 0 Å². The highest BCUT2D eigenvalue weighted by molar-refractivity contribution is 7.89. The van der Waals surface area contributed by atoms with Gasteiger partial charge in [-0.25, -0.2) is 4.83 Å². The Labute approximate surface area is 118 Å². The fraction of sp³-hybridized carbons (Fsp3) is 0. The van der Waals surface area contributed by atoms with Crippen molar-refractivity contribution < 1.29 is 13.3 Å². The van der Waals surface area contributed by atoms with Gasteiger partial charge in [0.1, 0.15) is 0 Å². The topological polar surface area (TPSA) is 102 Å². The first-order valence-electron chi connectivity index (χ1n) is 5.33. The number of hydrazone groups is 1. The molecule has 9 heteroatoms. The molecule has 0 aliphatic heterocycles. The van der Waals surface area contributed by atoms with E-state index in [0.29, 0.717) is 4.88 Å². The first-order chi connectivity index (χ1) is 9.49. The van der Waals surface area contributed by atoms with Gasteiger partial charge in [0, 0.05) is 6.07 Å². The molecule has 0 atom stereocenters. The van der Waals surface area contributed by atoms with Crippen molar-refractivity contribution in [3.8, 4) is 0 Å². The largest absolute Gasteiger partial charge is 0.324 e. The van der Waals surface area contributed by atoms with E-state index in [-0.39, 0.29) is 9.90 Å². The van der Waals surface area contributed by atoms with Gasteiger partial charge in [0.15, 0.2) is 0 Å². The highest BCUT2D eigenvalue weighted by atomic mass is 32.2. The molecule has 0 aliphatic rings. The van der Waals surface area contributed by atoms with E-state index >= 15 is 0 Å². The van der Waals surface area contributed by atoms with Gasteiger partial charge in [-0.2, -0.15) is 13.5 Å². The first-order valence-corrected chi connectivity index (χ1v) is 7.63. The molecule has 0 bridgehead atoms. The van der Waals surface area contributed by atoms with Gasteiger partial charge in [-0.05, 0) is 18.2 Å². The summed E-state index contributed by atoms with van der Waals surface area (Å²) in [5.74, 6) is 0. The van der Waals surface area contributed by atoms with E-state index in [1.54, 1.807) is 18.2 Å². The Morgan fingerprint density at radius 2 is 1.90 bits per heavy atom. The van der Waals surface area contributed by atoms with E-state index in [1.165, 1.54) is 30.5 Å². The van der Waals surface area contributed by atoms with Crippen LogP contribution in [0.1, 0.15) is 4.88 Å². The standard InChI is InChI=1S/C11H9N3O4S2/c15-14(16)11-7-6-9(19-11)8-12-13-20(17,18)10-4-2-1-3-5-10/h1-8,13H. The molecule has 2 rings (SSSR count). The minimum absolute atomic E-state index is 0.0302. The summed E-state index contributed by atoms with van der Waals surface area (Å²) in [6.07, 6.45) is 1.22. The molecule has 0 aliphatic carbocycles. The summed E-state index contributed by atoms with van der Waals surface area (Å²) in [7, 11) is -3.72. The number of hydrogen-bond acceptors (Lipinski definition) is 6. The minimum atomic E-state index is -3.72. The van der Waals surface area contributed by atoms with Crippen LogP contribution in [0.3, 0.4) is 0 Å². The maximum atomic E-state index is 11.8. The van der Waals surface area contributed by atoms with Crippen molar-refractivity contribution >= 4 is 32.6 Å². The fourth-order valence-electron chi connectivity index (χ4n) is 1.32. The van der Waals surface area contributed by atoms with Gasteiger partial charge >= 0.3 is 5.00 Å². The van der Waals surface area contributed by atoms with Crippen LogP contribution in [0, 0.1) is 10.1 Å². The lowest BCUT2D eigenvalue weighted by atomic mass is 10.4. The quantitative estimate of drug-likeness (QED) is 0.518. The molecule has 104 valence electrons. The van der Waals surface area contributed by atoms with Crippen LogP contribution in [0.5, 0.6) is 0 Å². The summed E-state index contributed by atoms with van der Waals surface area (Å²) in [6, 6.07) is 10.6. The molecule has 1 heterocycles. The second-order valence-electron chi connectivity index (χ2n) is 3.60. The van der Waals surface area contributed by atoms with Crippen LogP contribution in [0.15, 0.2) is 52.5 Å². The zero-order chi connectivity index (χ0) is 14.6. The molecule has 0 saturated carbocycles. The van der Waals surface area contributed by atoms with Crippen molar-refractivity contribution in [3.05, 3.63) is 57.5 Å². The number of benzene rings is 1. The van der Waals surface area contributed by atoms with Crippen molar-refractivity contribution in [2.45, 2.75) is 4.90 Å². The van der Waals surface area contributed by atoms with Crippen LogP contribution in [0.2, 0.25) is 0 Å². The van der Waals surface area contributed by atoms with Crippen molar-refractivity contribution in [3.63, 3.8) is 0 Å². The van der Waals surface area contributed by atoms with Crippen molar-refractivity contribution in [1.82, 2.24) is 4.83 Å². The Hall–Kier alpha value is -2.26. The third kappa shape index (κ3) is 3.39. The molecule has 0 unspecified atom stereocenters. The Balaban J connectivity index is 2.08. The molecular formula is C11H9N3O4S2. The molecular weight excluding hydrogens is 302 g/mol. The maximum Gasteiger partial charge on any atom is 0.324 e. The molecule has 2 aromatic rings. The molecule has 20 heavy (non-hydrogen) atoms. The summed E-state index contributed by atoms with van der Waals surface area (Å²) in [6.45, 7) is 0. The number of nitrogens with zero attached hydrogens (tertiary/aromatic N) is 2. The molecule has 0 saturated heterocycles. The maximum absolute atomic E-state index is 11.8. The summed E-state index contributed by atoms with van der Waals surface area (Å²) in [4.78, 5) is 12.6. The Bertz CT molecular complexity index is 738. The summed E-state index contributed by atoms with van der Waals surface area (Å²) >= 11 is 0.904. The van der Waals surface area contributed by atoms with E-state index in [9.17, 15) is 18.5 Å². The number of nitrogens with one attached hydrogen (secondary N) is 1. The Morgan fingerprint density at radius 1 is 1.20 bits per heavy atom. The lowest BCUT2D eigenvalue weighted by molar-refractivity contribution is -0.380. The normalized spacial score (nSPS) is 11.6. The Kier molecular flexibility index (Phi) is 4.11. The number of sulfonamides is 1. The number of rotatable bonds is 5. The highest BCUT2D eigenvalue weighted by Gasteiger charge is 2.12. The van der Waals surface area contributed by atoms with Crippen molar-refractivity contribution in [2.24, 2.45) is 5.10 Å². The van der Waals surface area contributed by atoms with Gasteiger partial charge in [0.05, 0.1) is 20.9 Å². The van der Waals surface area contributed by atoms with Crippen molar-refractivity contribution in [2.75, 3.05) is 0 Å². The zero-order valence-corrected chi connectivity index (χ0v) is 11.6. The molecule has 1 N–H and O–H groups in total. The monoisotopic (exact) mass is 311 g/mol. The molecule has 7 nitrogen and oxygen atoms in total. The average Bonchev–Trinajstić information content (AvgIpc) is 2.89. The lowest BCUT2D eigenvalue weighted by Crippen LogP contribution is -2.18. The molecule has 1 aromatic carbocycles. The summed E-state index contributed by atoms with van der Waals surface area (Å²) < 4.78 is 23.6. The number of thiophene rings is 1. The number of hydrogen-bond donors (Lipinski definition) is 1. The smallest absolute Gasteiger partial charge is 0.258 e. The van der Waals surface area contributed by atoms with E-state index in [4.69, 9.17) is 0 Å². The molecule has 1 aromatic heterocycles. The predicted octanol–water partition coefficient (Wildman–Crippen LogP) is 1.97. The van der Waals surface area contributed by atoms with Crippen LogP contribution in [-0.2, 0) is 10.0 Å². The van der Waals surface area contributed by atoms with Crippen LogP contribution >= 0.6 is 11.3 Å². The highest BCUT2D eigenvalue weighted by Crippen LogP contribution is 2.22. The van der Waals surface area contributed by atoms with Crippen LogP contribution < -0.4 is 4.83 Å². The van der Waals surface area contributed by atoms with Gasteiger partial charge in [-0.15, -0.1) is 0 Å². The van der Waals surface area contributed by atoms with Gasteiger partial charge in [0.2, 0.25) is 0 Å². The number of nitro groups is 1. The fourth-order valence-corrected chi connectivity index (χ4v) is 2.83. The molecule has 0 amide bonds. The second-order valence-corrected chi connectivity index (χ2v) is 6.35. The molecule has 0 radical (unpaired) electrons. The van der Waals surface area contributed by atoms with Gasteiger partial charge in [0.25, 0.3) is 10.0 Å². The van der Waals surface area contributed by atoms with Crippen LogP contribution in [-0.4, -0.2) is 19.6 Å². The minimum Gasteiger partial charge on any atom is -0.258 e. The lowest BCUT2D eigenvalue weighted by Gasteiger charge is -2.01. The van der Waals surface area contributed by atoms with Crippen LogP contribution in [0.25, 0.3) is 0 Å².